The molecule has 0 fully saturated rings. The van der Waals surface area contributed by atoms with Crippen molar-refractivity contribution in [2.75, 3.05) is 5.32 Å². The maximum atomic E-state index is 5.77. The number of aromatic nitrogens is 2. The lowest BCUT2D eigenvalue weighted by atomic mass is 10.1. The van der Waals surface area contributed by atoms with Gasteiger partial charge >= 0.3 is 0 Å². The summed E-state index contributed by atoms with van der Waals surface area (Å²) in [6.07, 6.45) is 2.56. The predicted octanol–water partition coefficient (Wildman–Crippen LogP) is 2.50. The Hall–Kier alpha value is -1.95. The lowest BCUT2D eigenvalue weighted by Crippen LogP contribution is -2.16. The lowest BCUT2D eigenvalue weighted by Gasteiger charge is -2.12. The highest BCUT2D eigenvalue weighted by Crippen LogP contribution is 2.19. The van der Waals surface area contributed by atoms with Crippen LogP contribution in [0.3, 0.4) is 0 Å². The minimum atomic E-state index is 0.333. The van der Waals surface area contributed by atoms with E-state index in [1.807, 2.05) is 26.8 Å². The first kappa shape index (κ1) is 14.5. The Morgan fingerprint density at radius 1 is 1.45 bits per heavy atom. The van der Waals surface area contributed by atoms with Crippen molar-refractivity contribution in [1.29, 1.82) is 0 Å². The summed E-state index contributed by atoms with van der Waals surface area (Å²) in [6.45, 7) is 6.37. The van der Waals surface area contributed by atoms with Crippen LogP contribution in [0.1, 0.15) is 35.4 Å². The molecule has 3 N–H and O–H groups in total. The summed E-state index contributed by atoms with van der Waals surface area (Å²) in [6, 6.07) is 1.96. The molecule has 2 aromatic rings. The summed E-state index contributed by atoms with van der Waals surface area (Å²) in [5.41, 5.74) is 8.46. The van der Waals surface area contributed by atoms with Crippen LogP contribution in [0, 0.1) is 13.8 Å². The molecule has 0 bridgehead atoms. The number of pyridine rings is 1. The number of anilines is 1. The Kier molecular flexibility index (Phi) is 4.34. The van der Waals surface area contributed by atoms with Gasteiger partial charge in [0.1, 0.15) is 16.6 Å². The van der Waals surface area contributed by atoms with Gasteiger partial charge in [0, 0.05) is 12.1 Å². The average molecular weight is 290 g/mol. The van der Waals surface area contributed by atoms with E-state index in [-0.39, 0.29) is 0 Å². The monoisotopic (exact) mass is 290 g/mol. The minimum Gasteiger partial charge on any atom is -0.444 e. The Labute approximate surface area is 123 Å². The fourth-order valence-electron chi connectivity index (χ4n) is 2.03. The smallest absolute Gasteiger partial charge is 0.213 e. The van der Waals surface area contributed by atoms with Gasteiger partial charge in [0.2, 0.25) is 5.89 Å². The number of thiocarbonyl (C=S) groups is 1. The van der Waals surface area contributed by atoms with Crippen molar-refractivity contribution in [3.05, 3.63) is 40.7 Å². The molecule has 0 atom stereocenters. The number of hydrogen-bond donors (Lipinski definition) is 2. The van der Waals surface area contributed by atoms with Crippen molar-refractivity contribution in [2.24, 2.45) is 5.73 Å². The highest BCUT2D eigenvalue weighted by atomic mass is 32.1. The molecule has 0 amide bonds. The molecule has 0 saturated heterocycles. The van der Waals surface area contributed by atoms with Gasteiger partial charge in [0.25, 0.3) is 0 Å². The zero-order valence-electron chi connectivity index (χ0n) is 11.9. The molecule has 0 radical (unpaired) electrons. The molecule has 2 rings (SSSR count). The Balaban J connectivity index is 2.22. The van der Waals surface area contributed by atoms with Crippen LogP contribution in [0.15, 0.2) is 16.7 Å². The number of nitrogens with one attached hydrogen (secondary N) is 1. The first-order valence-corrected chi connectivity index (χ1v) is 6.87. The van der Waals surface area contributed by atoms with E-state index in [1.54, 1.807) is 6.20 Å². The summed E-state index contributed by atoms with van der Waals surface area (Å²) >= 11 is 5.09. The largest absolute Gasteiger partial charge is 0.444 e. The fourth-order valence-corrected chi connectivity index (χ4v) is 2.29. The van der Waals surface area contributed by atoms with Crippen molar-refractivity contribution in [3.8, 4) is 0 Å². The number of rotatable bonds is 5. The van der Waals surface area contributed by atoms with E-state index in [2.05, 4.69) is 15.3 Å². The fraction of sp³-hybridized carbons (Fsp3) is 0.357. The molecule has 106 valence electrons. The second-order valence-electron chi connectivity index (χ2n) is 4.60. The van der Waals surface area contributed by atoms with Gasteiger partial charge in [-0.25, -0.2) is 9.97 Å². The SMILES string of the molecule is CCc1cnc(CNc2nc(C)cc(C)c2C(N)=S)o1. The summed E-state index contributed by atoms with van der Waals surface area (Å²) in [4.78, 5) is 8.98. The third-order valence-electron chi connectivity index (χ3n) is 2.95. The number of nitrogens with zero attached hydrogens (tertiary/aromatic N) is 2. The van der Waals surface area contributed by atoms with Crippen molar-refractivity contribution >= 4 is 23.0 Å². The minimum absolute atomic E-state index is 0.333. The average Bonchev–Trinajstić information content (AvgIpc) is 2.82. The molecule has 0 aliphatic heterocycles. The van der Waals surface area contributed by atoms with Crippen LogP contribution in [0.5, 0.6) is 0 Å². The summed E-state index contributed by atoms with van der Waals surface area (Å²) < 4.78 is 5.55. The number of nitrogens with two attached hydrogens (primary N) is 1. The van der Waals surface area contributed by atoms with Gasteiger partial charge in [0.05, 0.1) is 18.3 Å². The van der Waals surface area contributed by atoms with E-state index >= 15 is 0 Å². The van der Waals surface area contributed by atoms with Crippen LogP contribution < -0.4 is 11.1 Å². The highest BCUT2D eigenvalue weighted by Gasteiger charge is 2.12. The molecule has 2 aromatic heterocycles. The van der Waals surface area contributed by atoms with E-state index < -0.39 is 0 Å². The lowest BCUT2D eigenvalue weighted by molar-refractivity contribution is 0.465. The topological polar surface area (TPSA) is 77.0 Å². The van der Waals surface area contributed by atoms with Gasteiger partial charge < -0.3 is 15.5 Å². The van der Waals surface area contributed by atoms with Crippen LogP contribution in [-0.2, 0) is 13.0 Å². The second-order valence-corrected chi connectivity index (χ2v) is 5.04. The normalized spacial score (nSPS) is 10.6. The Bertz CT molecular complexity index is 636. The highest BCUT2D eigenvalue weighted by molar-refractivity contribution is 7.80. The predicted molar refractivity (Wildman–Crippen MR) is 82.8 cm³/mol. The van der Waals surface area contributed by atoms with Gasteiger partial charge in [-0.15, -0.1) is 0 Å². The third kappa shape index (κ3) is 3.14. The molecule has 0 saturated carbocycles. The molecule has 20 heavy (non-hydrogen) atoms. The molecule has 0 aliphatic rings. The van der Waals surface area contributed by atoms with Gasteiger partial charge in [-0.3, -0.25) is 0 Å². The summed E-state index contributed by atoms with van der Waals surface area (Å²) in [5, 5.41) is 3.20. The van der Waals surface area contributed by atoms with Gasteiger partial charge in [-0.1, -0.05) is 19.1 Å². The first-order chi connectivity index (χ1) is 9.51. The molecule has 2 heterocycles. The van der Waals surface area contributed by atoms with E-state index in [0.717, 1.165) is 29.0 Å². The molecule has 6 heteroatoms. The number of oxazole rings is 1. The molecule has 0 spiro atoms. The standard InChI is InChI=1S/C14H18N4OS/c1-4-10-6-16-11(19-10)7-17-14-12(13(15)20)8(2)5-9(3)18-14/h5-6H,4,7H2,1-3H3,(H2,15,20)(H,17,18). The number of hydrogen-bond acceptors (Lipinski definition) is 5. The van der Waals surface area contributed by atoms with E-state index in [0.29, 0.717) is 23.2 Å². The van der Waals surface area contributed by atoms with Crippen LogP contribution >= 0.6 is 12.2 Å². The van der Waals surface area contributed by atoms with Crippen molar-refractivity contribution in [1.82, 2.24) is 9.97 Å². The molecule has 0 unspecified atom stereocenters. The molecular formula is C14H18N4OS. The van der Waals surface area contributed by atoms with Crippen LogP contribution in [0.25, 0.3) is 0 Å². The summed E-state index contributed by atoms with van der Waals surface area (Å²) in [5.74, 6) is 2.16. The number of aryl methyl sites for hydroxylation is 3. The quantitative estimate of drug-likeness (QED) is 0.824. The van der Waals surface area contributed by atoms with E-state index in [9.17, 15) is 0 Å². The maximum Gasteiger partial charge on any atom is 0.213 e. The Morgan fingerprint density at radius 3 is 2.80 bits per heavy atom. The first-order valence-electron chi connectivity index (χ1n) is 6.46. The van der Waals surface area contributed by atoms with Crippen molar-refractivity contribution in [3.63, 3.8) is 0 Å². The maximum absolute atomic E-state index is 5.77. The van der Waals surface area contributed by atoms with Crippen LogP contribution in [0.2, 0.25) is 0 Å². The molecule has 0 aromatic carbocycles. The van der Waals surface area contributed by atoms with Crippen LogP contribution in [0.4, 0.5) is 5.82 Å². The molecule has 5 nitrogen and oxygen atoms in total. The third-order valence-corrected chi connectivity index (χ3v) is 3.15. The Morgan fingerprint density at radius 2 is 2.20 bits per heavy atom. The van der Waals surface area contributed by atoms with Gasteiger partial charge in [-0.05, 0) is 25.5 Å². The zero-order chi connectivity index (χ0) is 14.7. The van der Waals surface area contributed by atoms with E-state index in [1.165, 1.54) is 0 Å². The molecule has 0 aliphatic carbocycles. The van der Waals surface area contributed by atoms with Crippen LogP contribution in [-0.4, -0.2) is 15.0 Å². The second kappa shape index (κ2) is 6.00. The van der Waals surface area contributed by atoms with Crippen molar-refractivity contribution in [2.45, 2.75) is 33.7 Å². The molecular weight excluding hydrogens is 272 g/mol. The van der Waals surface area contributed by atoms with E-state index in [4.69, 9.17) is 22.4 Å². The van der Waals surface area contributed by atoms with Gasteiger partial charge in [-0.2, -0.15) is 0 Å². The van der Waals surface area contributed by atoms with Gasteiger partial charge in [0.15, 0.2) is 0 Å². The zero-order valence-corrected chi connectivity index (χ0v) is 12.7. The summed E-state index contributed by atoms with van der Waals surface area (Å²) in [7, 11) is 0. The van der Waals surface area contributed by atoms with Crippen molar-refractivity contribution < 1.29 is 4.42 Å².